The summed E-state index contributed by atoms with van der Waals surface area (Å²) in [4.78, 5) is 9.76. The molecule has 2 aromatic carbocycles. The van der Waals surface area contributed by atoms with Gasteiger partial charge in [0.25, 0.3) is 0 Å². The van der Waals surface area contributed by atoms with E-state index in [2.05, 4.69) is 0 Å². The summed E-state index contributed by atoms with van der Waals surface area (Å²) in [6, 6.07) is 8.90. The maximum absolute atomic E-state index is 14.1. The van der Waals surface area contributed by atoms with Gasteiger partial charge in [-0.25, -0.2) is 4.39 Å². The summed E-state index contributed by atoms with van der Waals surface area (Å²) in [5.74, 6) is -1.97. The fraction of sp³-hybridized carbons (Fsp3) is 0. The van der Waals surface area contributed by atoms with Gasteiger partial charge in [0.2, 0.25) is 5.82 Å². The van der Waals surface area contributed by atoms with Crippen LogP contribution in [0.25, 0.3) is 11.1 Å². The van der Waals surface area contributed by atoms with Crippen LogP contribution in [0.1, 0.15) is 5.56 Å². The van der Waals surface area contributed by atoms with E-state index in [0.29, 0.717) is 0 Å². The lowest BCUT2D eigenvalue weighted by Crippen LogP contribution is -1.98. The molecule has 0 atom stereocenters. The van der Waals surface area contributed by atoms with Crippen molar-refractivity contribution in [3.05, 3.63) is 63.7 Å². The van der Waals surface area contributed by atoms with E-state index in [1.807, 2.05) is 0 Å². The molecule has 2 rings (SSSR count). The number of nitro benzene ring substituents is 1. The number of rotatable bonds is 2. The monoisotopic (exact) mass is 260 g/mol. The van der Waals surface area contributed by atoms with Crippen molar-refractivity contribution in [2.24, 2.45) is 0 Å². The smallest absolute Gasteiger partial charge is 0.258 e. The van der Waals surface area contributed by atoms with Crippen molar-refractivity contribution in [2.45, 2.75) is 0 Å². The van der Waals surface area contributed by atoms with Gasteiger partial charge in [-0.15, -0.1) is 0 Å². The summed E-state index contributed by atoms with van der Waals surface area (Å²) in [6.07, 6.45) is 0. The van der Waals surface area contributed by atoms with Crippen LogP contribution < -0.4 is 0 Å². The standard InChI is InChI=1S/C13H6F2N2O2/c14-10-4-2-1-3-9(10)12-8(7-16)5-6-11(13(12)15)17(18)19/h1-6H. The molecular weight excluding hydrogens is 254 g/mol. The number of nitriles is 1. The van der Waals surface area contributed by atoms with Crippen LogP contribution >= 0.6 is 0 Å². The highest BCUT2D eigenvalue weighted by Gasteiger charge is 2.23. The first-order valence-corrected chi connectivity index (χ1v) is 5.18. The fourth-order valence-corrected chi connectivity index (χ4v) is 1.73. The van der Waals surface area contributed by atoms with Crippen LogP contribution in [-0.4, -0.2) is 4.92 Å². The fourth-order valence-electron chi connectivity index (χ4n) is 1.73. The molecule has 0 amide bonds. The van der Waals surface area contributed by atoms with Crippen molar-refractivity contribution >= 4 is 5.69 Å². The molecule has 0 unspecified atom stereocenters. The van der Waals surface area contributed by atoms with Gasteiger partial charge in [-0.2, -0.15) is 9.65 Å². The first kappa shape index (κ1) is 12.6. The van der Waals surface area contributed by atoms with E-state index in [9.17, 15) is 18.9 Å². The number of hydrogen-bond donors (Lipinski definition) is 0. The first-order valence-electron chi connectivity index (χ1n) is 5.18. The Hall–Kier alpha value is -2.81. The Morgan fingerprint density at radius 2 is 1.84 bits per heavy atom. The minimum Gasteiger partial charge on any atom is -0.258 e. The molecular formula is C13H6F2N2O2. The summed E-state index contributed by atoms with van der Waals surface area (Å²) in [7, 11) is 0. The van der Waals surface area contributed by atoms with Gasteiger partial charge in [0.15, 0.2) is 0 Å². The molecule has 0 fully saturated rings. The highest BCUT2D eigenvalue weighted by atomic mass is 19.1. The third kappa shape index (κ3) is 2.13. The molecule has 0 saturated heterocycles. The summed E-state index contributed by atoms with van der Waals surface area (Å²) in [5.41, 5.74) is -1.53. The Balaban J connectivity index is 2.82. The van der Waals surface area contributed by atoms with Crippen molar-refractivity contribution in [3.63, 3.8) is 0 Å². The van der Waals surface area contributed by atoms with E-state index in [1.165, 1.54) is 18.2 Å². The minimum atomic E-state index is -1.21. The second-order valence-electron chi connectivity index (χ2n) is 3.67. The van der Waals surface area contributed by atoms with E-state index in [-0.39, 0.29) is 11.1 Å². The molecule has 0 aliphatic carbocycles. The van der Waals surface area contributed by atoms with Gasteiger partial charge in [0.1, 0.15) is 5.82 Å². The Kier molecular flexibility index (Phi) is 3.21. The molecule has 2 aromatic rings. The quantitative estimate of drug-likeness (QED) is 0.613. The second kappa shape index (κ2) is 4.82. The van der Waals surface area contributed by atoms with Crippen LogP contribution in [0.4, 0.5) is 14.5 Å². The van der Waals surface area contributed by atoms with E-state index in [0.717, 1.165) is 18.2 Å². The Morgan fingerprint density at radius 1 is 1.16 bits per heavy atom. The van der Waals surface area contributed by atoms with Crippen molar-refractivity contribution < 1.29 is 13.7 Å². The number of nitrogens with zero attached hydrogens (tertiary/aromatic N) is 2. The van der Waals surface area contributed by atoms with Crippen LogP contribution in [0.2, 0.25) is 0 Å². The zero-order chi connectivity index (χ0) is 14.0. The van der Waals surface area contributed by atoms with Crippen LogP contribution in [0, 0.1) is 33.1 Å². The molecule has 0 aromatic heterocycles. The van der Waals surface area contributed by atoms with Gasteiger partial charge in [-0.3, -0.25) is 10.1 Å². The molecule has 4 nitrogen and oxygen atoms in total. The summed E-state index contributed by atoms with van der Waals surface area (Å²) >= 11 is 0. The normalized spacial score (nSPS) is 9.95. The predicted molar refractivity (Wildman–Crippen MR) is 63.2 cm³/mol. The van der Waals surface area contributed by atoms with E-state index in [4.69, 9.17) is 5.26 Å². The van der Waals surface area contributed by atoms with E-state index < -0.39 is 27.8 Å². The molecule has 0 spiro atoms. The van der Waals surface area contributed by atoms with Crippen molar-refractivity contribution in [1.29, 1.82) is 5.26 Å². The minimum absolute atomic E-state index is 0.159. The van der Waals surface area contributed by atoms with Gasteiger partial charge in [0, 0.05) is 17.2 Å². The molecule has 0 aliphatic rings. The first-order chi connectivity index (χ1) is 9.06. The van der Waals surface area contributed by atoms with Crippen molar-refractivity contribution in [3.8, 4) is 17.2 Å². The second-order valence-corrected chi connectivity index (χ2v) is 3.67. The zero-order valence-corrected chi connectivity index (χ0v) is 9.43. The van der Waals surface area contributed by atoms with Gasteiger partial charge in [-0.05, 0) is 12.1 Å². The lowest BCUT2D eigenvalue weighted by atomic mass is 9.98. The molecule has 0 saturated carbocycles. The van der Waals surface area contributed by atoms with Crippen LogP contribution in [0.5, 0.6) is 0 Å². The third-order valence-corrected chi connectivity index (χ3v) is 2.58. The molecule has 19 heavy (non-hydrogen) atoms. The summed E-state index contributed by atoms with van der Waals surface area (Å²) in [6.45, 7) is 0. The number of halogens is 2. The van der Waals surface area contributed by atoms with E-state index >= 15 is 0 Å². The highest BCUT2D eigenvalue weighted by Crippen LogP contribution is 2.33. The number of hydrogen-bond acceptors (Lipinski definition) is 3. The average molecular weight is 260 g/mol. The van der Waals surface area contributed by atoms with Gasteiger partial charge >= 0.3 is 5.69 Å². The van der Waals surface area contributed by atoms with Crippen LogP contribution in [0.15, 0.2) is 36.4 Å². The molecule has 6 heteroatoms. The lowest BCUT2D eigenvalue weighted by Gasteiger charge is -2.07. The molecule has 0 N–H and O–H groups in total. The van der Waals surface area contributed by atoms with E-state index in [1.54, 1.807) is 6.07 Å². The van der Waals surface area contributed by atoms with Gasteiger partial charge < -0.3 is 0 Å². The third-order valence-electron chi connectivity index (χ3n) is 2.58. The lowest BCUT2D eigenvalue weighted by molar-refractivity contribution is -0.387. The molecule has 94 valence electrons. The summed E-state index contributed by atoms with van der Waals surface area (Å²) < 4.78 is 27.7. The summed E-state index contributed by atoms with van der Waals surface area (Å²) in [5, 5.41) is 19.6. The highest BCUT2D eigenvalue weighted by molar-refractivity contribution is 5.74. The zero-order valence-electron chi connectivity index (χ0n) is 9.43. The maximum atomic E-state index is 14.1. The Morgan fingerprint density at radius 3 is 2.42 bits per heavy atom. The Labute approximate surface area is 106 Å². The molecule has 0 aliphatic heterocycles. The number of nitro groups is 1. The molecule has 0 heterocycles. The average Bonchev–Trinajstić information content (AvgIpc) is 2.39. The van der Waals surface area contributed by atoms with Crippen LogP contribution in [-0.2, 0) is 0 Å². The topological polar surface area (TPSA) is 66.9 Å². The van der Waals surface area contributed by atoms with Gasteiger partial charge in [-0.1, -0.05) is 18.2 Å². The van der Waals surface area contributed by atoms with Gasteiger partial charge in [0.05, 0.1) is 16.6 Å². The molecule has 0 bridgehead atoms. The van der Waals surface area contributed by atoms with Crippen molar-refractivity contribution in [1.82, 2.24) is 0 Å². The number of benzene rings is 2. The largest absolute Gasteiger partial charge is 0.305 e. The van der Waals surface area contributed by atoms with Crippen molar-refractivity contribution in [2.75, 3.05) is 0 Å². The predicted octanol–water partition coefficient (Wildman–Crippen LogP) is 3.41. The Bertz CT molecular complexity index is 708. The maximum Gasteiger partial charge on any atom is 0.305 e. The SMILES string of the molecule is N#Cc1ccc([N+](=O)[O-])c(F)c1-c1ccccc1F. The molecule has 0 radical (unpaired) electrons. The van der Waals surface area contributed by atoms with Crippen LogP contribution in [0.3, 0.4) is 0 Å².